The Morgan fingerprint density at radius 2 is 1.96 bits per heavy atom. The largest absolute Gasteiger partial charge is 0.455 e. The van der Waals surface area contributed by atoms with Gasteiger partial charge in [0.1, 0.15) is 22.1 Å². The molecule has 0 radical (unpaired) electrons. The number of hydrogen-bond donors (Lipinski definition) is 0. The molecule has 0 atom stereocenters. The first-order valence-electron chi connectivity index (χ1n) is 8.07. The van der Waals surface area contributed by atoms with Gasteiger partial charge in [0, 0.05) is 32.3 Å². The highest BCUT2D eigenvalue weighted by molar-refractivity contribution is 7.89. The summed E-state index contributed by atoms with van der Waals surface area (Å²) in [7, 11) is -2.03. The maximum absolute atomic E-state index is 12.7. The minimum absolute atomic E-state index is 0.00186. The lowest BCUT2D eigenvalue weighted by molar-refractivity contribution is 0.0749. The number of hydrogen-bond acceptors (Lipinski definition) is 6. The first kappa shape index (κ1) is 17.7. The Labute approximate surface area is 146 Å². The van der Waals surface area contributed by atoms with E-state index in [9.17, 15) is 13.2 Å². The molecule has 9 heteroatoms. The maximum Gasteiger partial charge on any atom is 0.289 e. The summed E-state index contributed by atoms with van der Waals surface area (Å²) in [5, 5.41) is 3.84. The Morgan fingerprint density at radius 1 is 1.28 bits per heavy atom. The van der Waals surface area contributed by atoms with Crippen molar-refractivity contribution >= 4 is 15.9 Å². The number of nitrogens with zero attached hydrogens (tertiary/aromatic N) is 3. The van der Waals surface area contributed by atoms with E-state index in [1.165, 1.54) is 15.3 Å². The molecular weight excluding hydrogens is 346 g/mol. The van der Waals surface area contributed by atoms with Crippen LogP contribution < -0.4 is 0 Å². The van der Waals surface area contributed by atoms with Crippen LogP contribution in [0.2, 0.25) is 0 Å². The molecule has 3 rings (SSSR count). The molecule has 1 aliphatic rings. The van der Waals surface area contributed by atoms with Crippen LogP contribution in [0.4, 0.5) is 0 Å². The average molecular weight is 367 g/mol. The van der Waals surface area contributed by atoms with E-state index in [4.69, 9.17) is 8.94 Å². The Hall–Kier alpha value is -2.13. The first-order valence-corrected chi connectivity index (χ1v) is 9.51. The summed E-state index contributed by atoms with van der Waals surface area (Å²) < 4.78 is 37.2. The topological polar surface area (TPSA) is 96.9 Å². The first-order chi connectivity index (χ1) is 11.8. The fourth-order valence-corrected chi connectivity index (χ4v) is 4.57. The zero-order chi connectivity index (χ0) is 18.2. The van der Waals surface area contributed by atoms with Crippen LogP contribution in [-0.4, -0.2) is 48.8 Å². The minimum atomic E-state index is -3.62. The summed E-state index contributed by atoms with van der Waals surface area (Å²) in [6.45, 7) is 4.57. The molecule has 1 aliphatic heterocycles. The number of amides is 1. The molecule has 0 N–H and O–H groups in total. The molecule has 0 aliphatic carbocycles. The van der Waals surface area contributed by atoms with Crippen molar-refractivity contribution in [2.45, 2.75) is 38.1 Å². The minimum Gasteiger partial charge on any atom is -0.455 e. The van der Waals surface area contributed by atoms with Gasteiger partial charge in [-0.2, -0.15) is 4.31 Å². The molecule has 0 aromatic carbocycles. The van der Waals surface area contributed by atoms with Gasteiger partial charge in [0.2, 0.25) is 10.0 Å². The van der Waals surface area contributed by atoms with E-state index in [0.29, 0.717) is 24.5 Å². The van der Waals surface area contributed by atoms with E-state index in [2.05, 4.69) is 5.16 Å². The molecular formula is C16H21N3O5S. The van der Waals surface area contributed by atoms with Crippen LogP contribution in [0.1, 0.15) is 40.6 Å². The number of furan rings is 1. The molecule has 0 unspecified atom stereocenters. The fourth-order valence-electron chi connectivity index (χ4n) is 2.89. The zero-order valence-corrected chi connectivity index (χ0v) is 15.3. The Bertz CT molecular complexity index is 877. The van der Waals surface area contributed by atoms with Crippen molar-refractivity contribution in [2.75, 3.05) is 20.1 Å². The highest BCUT2D eigenvalue weighted by Crippen LogP contribution is 2.27. The summed E-state index contributed by atoms with van der Waals surface area (Å²) >= 11 is 0. The van der Waals surface area contributed by atoms with Crippen LogP contribution in [0.5, 0.6) is 0 Å². The summed E-state index contributed by atoms with van der Waals surface area (Å²) in [4.78, 5) is 14.0. The predicted octanol–water partition coefficient (Wildman–Crippen LogP) is 1.94. The van der Waals surface area contributed by atoms with Gasteiger partial charge in [0.05, 0.1) is 6.54 Å². The second kappa shape index (κ2) is 6.64. The van der Waals surface area contributed by atoms with Crippen molar-refractivity contribution in [1.82, 2.24) is 14.4 Å². The third-order valence-corrected chi connectivity index (χ3v) is 6.19. The molecule has 1 amide bonds. The molecule has 2 aromatic rings. The van der Waals surface area contributed by atoms with Crippen LogP contribution in [0, 0.1) is 13.8 Å². The Balaban J connectivity index is 1.80. The molecule has 0 bridgehead atoms. The van der Waals surface area contributed by atoms with Gasteiger partial charge in [-0.25, -0.2) is 8.42 Å². The molecule has 3 heterocycles. The van der Waals surface area contributed by atoms with Gasteiger partial charge >= 0.3 is 0 Å². The summed E-state index contributed by atoms with van der Waals surface area (Å²) in [5.74, 6) is 0.467. The van der Waals surface area contributed by atoms with Crippen molar-refractivity contribution in [3.05, 3.63) is 35.1 Å². The van der Waals surface area contributed by atoms with Gasteiger partial charge in [0.15, 0.2) is 5.76 Å². The molecule has 25 heavy (non-hydrogen) atoms. The van der Waals surface area contributed by atoms with Crippen molar-refractivity contribution in [3.63, 3.8) is 0 Å². The summed E-state index contributed by atoms with van der Waals surface area (Å²) in [5.41, 5.74) is 0.613. The van der Waals surface area contributed by atoms with Gasteiger partial charge in [-0.05, 0) is 26.7 Å². The van der Waals surface area contributed by atoms with Crippen LogP contribution in [0.15, 0.2) is 26.0 Å². The second-order valence-corrected chi connectivity index (χ2v) is 8.14. The highest BCUT2D eigenvalue weighted by atomic mass is 32.2. The van der Waals surface area contributed by atoms with Gasteiger partial charge in [-0.15, -0.1) is 0 Å². The second-order valence-electron chi connectivity index (χ2n) is 6.23. The predicted molar refractivity (Wildman–Crippen MR) is 88.5 cm³/mol. The maximum atomic E-state index is 12.7. The third-order valence-electron chi connectivity index (χ3n) is 4.19. The van der Waals surface area contributed by atoms with Gasteiger partial charge in [-0.1, -0.05) is 5.16 Å². The molecule has 136 valence electrons. The molecule has 8 nitrogen and oxygen atoms in total. The van der Waals surface area contributed by atoms with Crippen LogP contribution >= 0.6 is 0 Å². The van der Waals surface area contributed by atoms with Crippen LogP contribution in [-0.2, 0) is 16.6 Å². The SMILES string of the molecule is Cc1cc(CN(C)C(=O)c2cc(S(=O)(=O)N3CCCC3)c(C)o2)no1. The number of carbonyl (C=O) groups is 1. The average Bonchev–Trinajstić information content (AvgIpc) is 3.27. The van der Waals surface area contributed by atoms with Crippen LogP contribution in [0.25, 0.3) is 0 Å². The molecule has 2 aromatic heterocycles. The normalized spacial score (nSPS) is 15.6. The van der Waals surface area contributed by atoms with Crippen molar-refractivity contribution in [3.8, 4) is 0 Å². The molecule has 0 spiro atoms. The van der Waals surface area contributed by atoms with E-state index < -0.39 is 15.9 Å². The quantitative estimate of drug-likeness (QED) is 0.801. The van der Waals surface area contributed by atoms with E-state index in [1.54, 1.807) is 27.0 Å². The monoisotopic (exact) mass is 367 g/mol. The van der Waals surface area contributed by atoms with E-state index >= 15 is 0 Å². The van der Waals surface area contributed by atoms with E-state index in [0.717, 1.165) is 12.8 Å². The van der Waals surface area contributed by atoms with E-state index in [-0.39, 0.29) is 23.0 Å². The number of aryl methyl sites for hydroxylation is 2. The van der Waals surface area contributed by atoms with Gasteiger partial charge in [0.25, 0.3) is 5.91 Å². The molecule has 0 saturated carbocycles. The fraction of sp³-hybridized carbons (Fsp3) is 0.500. The van der Waals surface area contributed by atoms with Gasteiger partial charge < -0.3 is 13.8 Å². The van der Waals surface area contributed by atoms with Crippen molar-refractivity contribution in [1.29, 1.82) is 0 Å². The third kappa shape index (κ3) is 3.47. The lowest BCUT2D eigenvalue weighted by Crippen LogP contribution is -2.28. The number of rotatable bonds is 5. The Morgan fingerprint density at radius 3 is 2.56 bits per heavy atom. The molecule has 1 fully saturated rings. The lowest BCUT2D eigenvalue weighted by Gasteiger charge is -2.14. The number of sulfonamides is 1. The van der Waals surface area contributed by atoms with E-state index in [1.807, 2.05) is 0 Å². The summed E-state index contributed by atoms with van der Waals surface area (Å²) in [6.07, 6.45) is 1.70. The van der Waals surface area contributed by atoms with Gasteiger partial charge in [-0.3, -0.25) is 4.79 Å². The Kier molecular flexibility index (Phi) is 4.70. The smallest absolute Gasteiger partial charge is 0.289 e. The summed E-state index contributed by atoms with van der Waals surface area (Å²) in [6, 6.07) is 3.05. The van der Waals surface area contributed by atoms with Crippen molar-refractivity contribution < 1.29 is 22.2 Å². The number of aromatic nitrogens is 1. The van der Waals surface area contributed by atoms with Crippen LogP contribution in [0.3, 0.4) is 0 Å². The zero-order valence-electron chi connectivity index (χ0n) is 14.5. The lowest BCUT2D eigenvalue weighted by atomic mass is 10.3. The molecule has 1 saturated heterocycles. The number of carbonyl (C=O) groups excluding carboxylic acids is 1. The highest BCUT2D eigenvalue weighted by Gasteiger charge is 2.32. The van der Waals surface area contributed by atoms with Crippen molar-refractivity contribution in [2.24, 2.45) is 0 Å². The standard InChI is InChI=1S/C16H21N3O5S/c1-11-8-13(17-24-11)10-18(3)16(20)14-9-15(12(2)23-14)25(21,22)19-6-4-5-7-19/h8-9H,4-7,10H2,1-3H3.